The number of fused-ring (bicyclic) bond motifs is 1. The number of nitrogens with zero attached hydrogens (tertiary/aromatic N) is 1. The van der Waals surface area contributed by atoms with Crippen LogP contribution in [0.1, 0.15) is 44.7 Å². The molecule has 1 saturated heterocycles. The SMILES string of the molecule is CNC1CCCN(C2CC(C)(C)Oc3ccccc32)C1. The van der Waals surface area contributed by atoms with Gasteiger partial charge in [-0.3, -0.25) is 4.90 Å². The molecule has 0 saturated carbocycles. The van der Waals surface area contributed by atoms with E-state index in [0.29, 0.717) is 12.1 Å². The summed E-state index contributed by atoms with van der Waals surface area (Å²) in [5.41, 5.74) is 1.29. The molecule has 0 spiro atoms. The van der Waals surface area contributed by atoms with Gasteiger partial charge >= 0.3 is 0 Å². The maximum atomic E-state index is 6.15. The molecular formula is C17H26N2O. The van der Waals surface area contributed by atoms with Gasteiger partial charge in [-0.05, 0) is 46.3 Å². The van der Waals surface area contributed by atoms with Crippen molar-refractivity contribution in [3.8, 4) is 5.75 Å². The highest BCUT2D eigenvalue weighted by atomic mass is 16.5. The van der Waals surface area contributed by atoms with Crippen molar-refractivity contribution in [2.24, 2.45) is 0 Å². The Morgan fingerprint density at radius 1 is 1.30 bits per heavy atom. The summed E-state index contributed by atoms with van der Waals surface area (Å²) in [6.45, 7) is 6.75. The highest BCUT2D eigenvalue weighted by Crippen LogP contribution is 2.43. The second-order valence-corrected chi connectivity index (χ2v) is 6.74. The number of rotatable bonds is 2. The van der Waals surface area contributed by atoms with Gasteiger partial charge in [0.05, 0.1) is 0 Å². The Morgan fingerprint density at radius 2 is 2.10 bits per heavy atom. The van der Waals surface area contributed by atoms with Gasteiger partial charge in [-0.15, -0.1) is 0 Å². The van der Waals surface area contributed by atoms with Crippen LogP contribution in [-0.2, 0) is 0 Å². The Labute approximate surface area is 122 Å². The van der Waals surface area contributed by atoms with Gasteiger partial charge in [-0.25, -0.2) is 0 Å². The van der Waals surface area contributed by atoms with Crippen LogP contribution in [0.2, 0.25) is 0 Å². The Morgan fingerprint density at radius 3 is 2.90 bits per heavy atom. The smallest absolute Gasteiger partial charge is 0.124 e. The molecular weight excluding hydrogens is 248 g/mol. The van der Waals surface area contributed by atoms with E-state index in [-0.39, 0.29) is 5.60 Å². The van der Waals surface area contributed by atoms with E-state index in [0.717, 1.165) is 18.7 Å². The monoisotopic (exact) mass is 274 g/mol. The van der Waals surface area contributed by atoms with Crippen molar-refractivity contribution in [3.05, 3.63) is 29.8 Å². The highest BCUT2D eigenvalue weighted by molar-refractivity contribution is 5.38. The first-order chi connectivity index (χ1) is 9.59. The number of benzene rings is 1. The molecule has 1 N–H and O–H groups in total. The second-order valence-electron chi connectivity index (χ2n) is 6.74. The van der Waals surface area contributed by atoms with Crippen LogP contribution in [0.3, 0.4) is 0 Å². The average Bonchev–Trinajstić information content (AvgIpc) is 2.45. The molecule has 20 heavy (non-hydrogen) atoms. The van der Waals surface area contributed by atoms with Crippen LogP contribution in [0.15, 0.2) is 24.3 Å². The number of likely N-dealkylation sites (N-methyl/N-ethyl adjacent to an activating group) is 1. The lowest BCUT2D eigenvalue weighted by atomic mass is 9.87. The number of hydrogen-bond acceptors (Lipinski definition) is 3. The predicted molar refractivity (Wildman–Crippen MR) is 82.2 cm³/mol. The summed E-state index contributed by atoms with van der Waals surface area (Å²) in [5, 5.41) is 3.44. The molecule has 0 aromatic heterocycles. The molecule has 0 amide bonds. The number of piperidine rings is 1. The van der Waals surface area contributed by atoms with Crippen LogP contribution in [0.25, 0.3) is 0 Å². The Balaban J connectivity index is 1.88. The minimum atomic E-state index is -0.0778. The van der Waals surface area contributed by atoms with Crippen LogP contribution in [0.4, 0.5) is 0 Å². The van der Waals surface area contributed by atoms with Crippen LogP contribution in [0, 0.1) is 0 Å². The fourth-order valence-electron chi connectivity index (χ4n) is 3.61. The first-order valence-corrected chi connectivity index (χ1v) is 7.78. The van der Waals surface area contributed by atoms with Crippen molar-refractivity contribution < 1.29 is 4.74 Å². The van der Waals surface area contributed by atoms with E-state index in [1.54, 1.807) is 0 Å². The van der Waals surface area contributed by atoms with Crippen LogP contribution in [-0.4, -0.2) is 36.7 Å². The Bertz CT molecular complexity index is 472. The van der Waals surface area contributed by atoms with Gasteiger partial charge in [0.15, 0.2) is 0 Å². The average molecular weight is 274 g/mol. The first kappa shape index (κ1) is 13.9. The van der Waals surface area contributed by atoms with Gasteiger partial charge in [-0.1, -0.05) is 18.2 Å². The third-order valence-electron chi connectivity index (χ3n) is 4.65. The number of nitrogens with one attached hydrogen (secondary N) is 1. The molecule has 0 radical (unpaired) electrons. The van der Waals surface area contributed by atoms with Gasteiger partial charge in [0.25, 0.3) is 0 Å². The quantitative estimate of drug-likeness (QED) is 0.897. The van der Waals surface area contributed by atoms with Crippen molar-refractivity contribution in [3.63, 3.8) is 0 Å². The minimum Gasteiger partial charge on any atom is -0.487 e. The lowest BCUT2D eigenvalue weighted by molar-refractivity contribution is 0.0194. The molecule has 0 bridgehead atoms. The van der Waals surface area contributed by atoms with Crippen molar-refractivity contribution >= 4 is 0 Å². The fourth-order valence-corrected chi connectivity index (χ4v) is 3.61. The van der Waals surface area contributed by atoms with Crippen LogP contribution < -0.4 is 10.1 Å². The fraction of sp³-hybridized carbons (Fsp3) is 0.647. The maximum Gasteiger partial charge on any atom is 0.124 e. The zero-order chi connectivity index (χ0) is 14.2. The van der Waals surface area contributed by atoms with E-state index in [1.165, 1.54) is 24.9 Å². The predicted octanol–water partition coefficient (Wildman–Crippen LogP) is 2.97. The summed E-state index contributed by atoms with van der Waals surface area (Å²) in [5.74, 6) is 1.07. The highest BCUT2D eigenvalue weighted by Gasteiger charge is 2.37. The van der Waals surface area contributed by atoms with Gasteiger partial charge in [0.1, 0.15) is 11.4 Å². The lowest BCUT2D eigenvalue weighted by Crippen LogP contribution is -2.49. The zero-order valence-electron chi connectivity index (χ0n) is 12.9. The van der Waals surface area contributed by atoms with E-state index < -0.39 is 0 Å². The van der Waals surface area contributed by atoms with Crippen molar-refractivity contribution in [2.75, 3.05) is 20.1 Å². The standard InChI is InChI=1S/C17H26N2O/c1-17(2)11-15(14-8-4-5-9-16(14)20-17)19-10-6-7-13(12-19)18-3/h4-5,8-9,13,15,18H,6-7,10-12H2,1-3H3. The molecule has 2 aliphatic rings. The molecule has 3 nitrogen and oxygen atoms in total. The molecule has 2 unspecified atom stereocenters. The van der Waals surface area contributed by atoms with Crippen molar-refractivity contribution in [2.45, 2.75) is 50.8 Å². The summed E-state index contributed by atoms with van der Waals surface area (Å²) in [6, 6.07) is 9.67. The van der Waals surface area contributed by atoms with Crippen molar-refractivity contribution in [1.82, 2.24) is 10.2 Å². The number of ether oxygens (including phenoxy) is 1. The van der Waals surface area contributed by atoms with Gasteiger partial charge in [-0.2, -0.15) is 0 Å². The van der Waals surface area contributed by atoms with Crippen molar-refractivity contribution in [1.29, 1.82) is 0 Å². The van der Waals surface area contributed by atoms with Crippen LogP contribution >= 0.6 is 0 Å². The number of hydrogen-bond donors (Lipinski definition) is 1. The lowest BCUT2D eigenvalue weighted by Gasteiger charge is -2.45. The van der Waals surface area contributed by atoms with E-state index in [1.807, 2.05) is 0 Å². The topological polar surface area (TPSA) is 24.5 Å². The van der Waals surface area contributed by atoms with Gasteiger partial charge < -0.3 is 10.1 Å². The summed E-state index contributed by atoms with van der Waals surface area (Å²) >= 11 is 0. The summed E-state index contributed by atoms with van der Waals surface area (Å²) in [6.07, 6.45) is 3.65. The maximum absolute atomic E-state index is 6.15. The molecule has 1 aromatic carbocycles. The van der Waals surface area contributed by atoms with E-state index in [4.69, 9.17) is 4.74 Å². The molecule has 1 fully saturated rings. The number of para-hydroxylation sites is 1. The summed E-state index contributed by atoms with van der Waals surface area (Å²) in [7, 11) is 2.08. The molecule has 3 rings (SSSR count). The molecule has 3 heteroatoms. The minimum absolute atomic E-state index is 0.0778. The molecule has 0 aliphatic carbocycles. The first-order valence-electron chi connectivity index (χ1n) is 7.78. The Hall–Kier alpha value is -1.06. The van der Waals surface area contributed by atoms with Crippen LogP contribution in [0.5, 0.6) is 5.75 Å². The summed E-state index contributed by atoms with van der Waals surface area (Å²) < 4.78 is 6.15. The third kappa shape index (κ3) is 2.70. The molecule has 2 atom stereocenters. The van der Waals surface area contributed by atoms with E-state index in [2.05, 4.69) is 55.4 Å². The molecule has 1 aromatic rings. The third-order valence-corrected chi connectivity index (χ3v) is 4.65. The number of likely N-dealkylation sites (tertiary alicyclic amines) is 1. The summed E-state index contributed by atoms with van der Waals surface area (Å²) in [4.78, 5) is 2.65. The van der Waals surface area contributed by atoms with E-state index in [9.17, 15) is 0 Å². The molecule has 2 aliphatic heterocycles. The second kappa shape index (κ2) is 5.38. The normalized spacial score (nSPS) is 29.6. The largest absolute Gasteiger partial charge is 0.487 e. The zero-order valence-corrected chi connectivity index (χ0v) is 12.9. The Kier molecular flexibility index (Phi) is 3.74. The van der Waals surface area contributed by atoms with E-state index >= 15 is 0 Å². The van der Waals surface area contributed by atoms with Gasteiger partial charge in [0.2, 0.25) is 0 Å². The molecule has 2 heterocycles. The molecule has 110 valence electrons. The van der Waals surface area contributed by atoms with Gasteiger partial charge in [0, 0.05) is 30.6 Å².